The maximum Gasteiger partial charge on any atom is 0.311 e. The van der Waals surface area contributed by atoms with Crippen LogP contribution in [0, 0.1) is 16.7 Å². The van der Waals surface area contributed by atoms with E-state index in [-0.39, 0.29) is 5.91 Å². The molecule has 1 aliphatic heterocycles. The van der Waals surface area contributed by atoms with Gasteiger partial charge in [0.15, 0.2) is 0 Å². The number of carbonyl (C=O) groups excluding carboxylic acids is 1. The number of benzene rings is 1. The highest BCUT2D eigenvalue weighted by atomic mass is 32.2. The first-order valence-corrected chi connectivity index (χ1v) is 8.18. The molecule has 1 aliphatic rings. The van der Waals surface area contributed by atoms with Crippen molar-refractivity contribution in [3.8, 4) is 6.07 Å². The number of nitrogens with zero attached hydrogens (tertiary/aromatic N) is 2. The number of rotatable bonds is 5. The van der Waals surface area contributed by atoms with E-state index in [0.29, 0.717) is 36.6 Å². The second-order valence-corrected chi connectivity index (χ2v) is 6.72. The molecule has 1 atom stereocenters. The SMILES string of the molecule is CC1(C(=O)O)CCN(C(=O)CSCc2ccc(C#N)cc2)C1. The monoisotopic (exact) mass is 318 g/mol. The Bertz CT molecular complexity index is 609. The lowest BCUT2D eigenvalue weighted by Gasteiger charge is -2.20. The molecule has 0 aliphatic carbocycles. The average molecular weight is 318 g/mol. The van der Waals surface area contributed by atoms with Crippen LogP contribution in [-0.4, -0.2) is 40.7 Å². The van der Waals surface area contributed by atoms with E-state index in [2.05, 4.69) is 6.07 Å². The topological polar surface area (TPSA) is 81.4 Å². The lowest BCUT2D eigenvalue weighted by Crippen LogP contribution is -2.35. The fourth-order valence-corrected chi connectivity index (χ4v) is 3.26. The van der Waals surface area contributed by atoms with Gasteiger partial charge in [-0.2, -0.15) is 5.26 Å². The Morgan fingerprint density at radius 1 is 1.41 bits per heavy atom. The number of aliphatic carboxylic acids is 1. The van der Waals surface area contributed by atoms with Gasteiger partial charge in [0, 0.05) is 18.8 Å². The third kappa shape index (κ3) is 3.80. The molecule has 1 saturated heterocycles. The fraction of sp³-hybridized carbons (Fsp3) is 0.438. The standard InChI is InChI=1S/C16H18N2O3S/c1-16(15(20)21)6-7-18(11-16)14(19)10-22-9-13-4-2-12(8-17)3-5-13/h2-5H,6-7,9-11H2,1H3,(H,20,21). The summed E-state index contributed by atoms with van der Waals surface area (Å²) < 4.78 is 0. The summed E-state index contributed by atoms with van der Waals surface area (Å²) in [5.74, 6) is 0.189. The third-order valence-corrected chi connectivity index (χ3v) is 4.91. The lowest BCUT2D eigenvalue weighted by atomic mass is 9.90. The summed E-state index contributed by atoms with van der Waals surface area (Å²) in [4.78, 5) is 24.9. The van der Waals surface area contributed by atoms with Gasteiger partial charge in [-0.1, -0.05) is 12.1 Å². The van der Waals surface area contributed by atoms with Gasteiger partial charge in [-0.25, -0.2) is 0 Å². The number of hydrogen-bond acceptors (Lipinski definition) is 4. The molecule has 0 bridgehead atoms. The molecule has 5 nitrogen and oxygen atoms in total. The van der Waals surface area contributed by atoms with E-state index in [0.717, 1.165) is 5.56 Å². The maximum atomic E-state index is 12.1. The summed E-state index contributed by atoms with van der Waals surface area (Å²) in [5, 5.41) is 17.9. The van der Waals surface area contributed by atoms with Gasteiger partial charge in [-0.15, -0.1) is 11.8 Å². The number of likely N-dealkylation sites (tertiary alicyclic amines) is 1. The van der Waals surface area contributed by atoms with Crippen molar-refractivity contribution in [2.45, 2.75) is 19.1 Å². The molecule has 6 heteroatoms. The molecular formula is C16H18N2O3S. The zero-order valence-corrected chi connectivity index (χ0v) is 13.2. The molecule has 2 rings (SSSR count). The van der Waals surface area contributed by atoms with Gasteiger partial charge in [0.2, 0.25) is 5.91 Å². The lowest BCUT2D eigenvalue weighted by molar-refractivity contribution is -0.147. The first kappa shape index (κ1) is 16.4. The number of carbonyl (C=O) groups is 2. The predicted molar refractivity (Wildman–Crippen MR) is 84.3 cm³/mol. The Labute approximate surface area is 133 Å². The van der Waals surface area contributed by atoms with Crippen LogP contribution in [0.5, 0.6) is 0 Å². The summed E-state index contributed by atoms with van der Waals surface area (Å²) in [7, 11) is 0. The number of carboxylic acid groups (broad SMARTS) is 1. The molecule has 22 heavy (non-hydrogen) atoms. The molecule has 1 aromatic rings. The average Bonchev–Trinajstić information content (AvgIpc) is 2.92. The number of carboxylic acids is 1. The molecule has 0 spiro atoms. The van der Waals surface area contributed by atoms with Crippen LogP contribution in [0.15, 0.2) is 24.3 Å². The highest BCUT2D eigenvalue weighted by Crippen LogP contribution is 2.30. The van der Waals surface area contributed by atoms with Crippen LogP contribution in [0.3, 0.4) is 0 Å². The van der Waals surface area contributed by atoms with Crippen molar-refractivity contribution in [2.75, 3.05) is 18.8 Å². The maximum absolute atomic E-state index is 12.1. The minimum Gasteiger partial charge on any atom is -0.481 e. The molecule has 0 radical (unpaired) electrons. The van der Waals surface area contributed by atoms with Gasteiger partial charge in [-0.05, 0) is 31.0 Å². The van der Waals surface area contributed by atoms with Crippen LogP contribution in [0.4, 0.5) is 0 Å². The molecule has 116 valence electrons. The molecule has 1 unspecified atom stereocenters. The van der Waals surface area contributed by atoms with Crippen molar-refractivity contribution >= 4 is 23.6 Å². The molecule has 1 N–H and O–H groups in total. The Morgan fingerprint density at radius 3 is 2.64 bits per heavy atom. The van der Waals surface area contributed by atoms with Crippen molar-refractivity contribution in [3.63, 3.8) is 0 Å². The molecule has 0 aromatic heterocycles. The van der Waals surface area contributed by atoms with E-state index >= 15 is 0 Å². The quantitative estimate of drug-likeness (QED) is 0.899. The van der Waals surface area contributed by atoms with Gasteiger partial charge >= 0.3 is 5.97 Å². The van der Waals surface area contributed by atoms with Gasteiger partial charge < -0.3 is 10.0 Å². The van der Waals surface area contributed by atoms with Gasteiger partial charge in [-0.3, -0.25) is 9.59 Å². The van der Waals surface area contributed by atoms with E-state index in [9.17, 15) is 14.7 Å². The van der Waals surface area contributed by atoms with Gasteiger partial charge in [0.1, 0.15) is 0 Å². The zero-order valence-electron chi connectivity index (χ0n) is 12.4. The molecular weight excluding hydrogens is 300 g/mol. The van der Waals surface area contributed by atoms with E-state index in [4.69, 9.17) is 5.26 Å². The Kier molecular flexibility index (Phi) is 5.09. The van der Waals surface area contributed by atoms with E-state index in [1.54, 1.807) is 24.0 Å². The summed E-state index contributed by atoms with van der Waals surface area (Å²) in [6, 6.07) is 9.35. The fourth-order valence-electron chi connectivity index (χ4n) is 2.37. The minimum atomic E-state index is -0.840. The number of nitriles is 1. The highest BCUT2D eigenvalue weighted by molar-refractivity contribution is 7.99. The number of hydrogen-bond donors (Lipinski definition) is 1. The number of amides is 1. The first-order chi connectivity index (χ1) is 10.4. The van der Waals surface area contributed by atoms with Crippen molar-refractivity contribution in [1.29, 1.82) is 5.26 Å². The van der Waals surface area contributed by atoms with Gasteiger partial charge in [0.25, 0.3) is 0 Å². The van der Waals surface area contributed by atoms with Crippen molar-refractivity contribution in [3.05, 3.63) is 35.4 Å². The second kappa shape index (κ2) is 6.84. The van der Waals surface area contributed by atoms with Crippen LogP contribution in [0.2, 0.25) is 0 Å². The Hall–Kier alpha value is -2.00. The first-order valence-electron chi connectivity index (χ1n) is 7.02. The van der Waals surface area contributed by atoms with Crippen molar-refractivity contribution in [1.82, 2.24) is 4.90 Å². The molecule has 1 amide bonds. The van der Waals surface area contributed by atoms with Crippen LogP contribution < -0.4 is 0 Å². The van der Waals surface area contributed by atoms with Crippen LogP contribution in [-0.2, 0) is 15.3 Å². The summed E-state index contributed by atoms with van der Waals surface area (Å²) in [6.45, 7) is 2.49. The summed E-state index contributed by atoms with van der Waals surface area (Å²) in [6.07, 6.45) is 0.508. The molecule has 0 saturated carbocycles. The largest absolute Gasteiger partial charge is 0.481 e. The summed E-state index contributed by atoms with van der Waals surface area (Å²) >= 11 is 1.50. The Morgan fingerprint density at radius 2 is 2.09 bits per heavy atom. The molecule has 1 heterocycles. The summed E-state index contributed by atoms with van der Waals surface area (Å²) in [5.41, 5.74) is 0.872. The van der Waals surface area contributed by atoms with Crippen molar-refractivity contribution in [2.24, 2.45) is 5.41 Å². The molecule has 1 aromatic carbocycles. The van der Waals surface area contributed by atoms with Crippen LogP contribution >= 0.6 is 11.8 Å². The van der Waals surface area contributed by atoms with E-state index in [1.807, 2.05) is 12.1 Å². The third-order valence-electron chi connectivity index (χ3n) is 3.92. The van der Waals surface area contributed by atoms with Crippen LogP contribution in [0.1, 0.15) is 24.5 Å². The number of thioether (sulfide) groups is 1. The van der Waals surface area contributed by atoms with Crippen LogP contribution in [0.25, 0.3) is 0 Å². The zero-order chi connectivity index (χ0) is 16.2. The molecule has 1 fully saturated rings. The Balaban J connectivity index is 1.79. The van der Waals surface area contributed by atoms with Gasteiger partial charge in [0.05, 0.1) is 22.8 Å². The predicted octanol–water partition coefficient (Wildman–Crippen LogP) is 2.11. The highest BCUT2D eigenvalue weighted by Gasteiger charge is 2.41. The van der Waals surface area contributed by atoms with E-state index < -0.39 is 11.4 Å². The minimum absolute atomic E-state index is 0.0105. The second-order valence-electron chi connectivity index (χ2n) is 5.73. The van der Waals surface area contributed by atoms with Crippen molar-refractivity contribution < 1.29 is 14.7 Å². The smallest absolute Gasteiger partial charge is 0.311 e. The normalized spacial score (nSPS) is 20.6. The van der Waals surface area contributed by atoms with E-state index in [1.165, 1.54) is 11.8 Å².